The summed E-state index contributed by atoms with van der Waals surface area (Å²) in [5, 5.41) is 6.44. The van der Waals surface area contributed by atoms with Crippen LogP contribution >= 0.6 is 12.4 Å². The van der Waals surface area contributed by atoms with Gasteiger partial charge in [0.1, 0.15) is 0 Å². The van der Waals surface area contributed by atoms with E-state index in [1.165, 1.54) is 6.20 Å². The highest BCUT2D eigenvalue weighted by Crippen LogP contribution is 2.14. The highest BCUT2D eigenvalue weighted by molar-refractivity contribution is 5.85. The Bertz CT molecular complexity index is 289. The van der Waals surface area contributed by atoms with Crippen LogP contribution in [0.5, 0.6) is 0 Å². The SMILES string of the molecule is Cl.Fc1ncccc1[C@H]1CNCCN1. The van der Waals surface area contributed by atoms with E-state index in [4.69, 9.17) is 0 Å². The Morgan fingerprint density at radius 2 is 2.29 bits per heavy atom. The summed E-state index contributed by atoms with van der Waals surface area (Å²) in [6.45, 7) is 2.58. The number of nitrogens with zero attached hydrogens (tertiary/aromatic N) is 1. The van der Waals surface area contributed by atoms with Crippen molar-refractivity contribution >= 4 is 12.4 Å². The van der Waals surface area contributed by atoms with Gasteiger partial charge in [-0.05, 0) is 6.07 Å². The van der Waals surface area contributed by atoms with Crippen LogP contribution in [-0.4, -0.2) is 24.6 Å². The molecule has 0 saturated carbocycles. The lowest BCUT2D eigenvalue weighted by molar-refractivity contribution is 0.411. The van der Waals surface area contributed by atoms with Crippen molar-refractivity contribution in [3.8, 4) is 0 Å². The first-order chi connectivity index (χ1) is 6.38. The number of rotatable bonds is 1. The lowest BCUT2D eigenvalue weighted by atomic mass is 10.1. The maximum atomic E-state index is 13.2. The van der Waals surface area contributed by atoms with Crippen molar-refractivity contribution < 1.29 is 4.39 Å². The molecule has 0 amide bonds. The molecule has 5 heteroatoms. The molecule has 0 spiro atoms. The fourth-order valence-corrected chi connectivity index (χ4v) is 1.53. The molecule has 14 heavy (non-hydrogen) atoms. The minimum atomic E-state index is -0.372. The van der Waals surface area contributed by atoms with E-state index >= 15 is 0 Å². The molecular formula is C9H13ClFN3. The van der Waals surface area contributed by atoms with Crippen LogP contribution in [-0.2, 0) is 0 Å². The van der Waals surface area contributed by atoms with E-state index in [0.29, 0.717) is 5.56 Å². The van der Waals surface area contributed by atoms with Crippen LogP contribution in [0.2, 0.25) is 0 Å². The number of piperazine rings is 1. The van der Waals surface area contributed by atoms with E-state index in [1.807, 2.05) is 0 Å². The molecule has 2 rings (SSSR count). The highest BCUT2D eigenvalue weighted by atomic mass is 35.5. The molecule has 1 fully saturated rings. The minimum absolute atomic E-state index is 0. The summed E-state index contributed by atoms with van der Waals surface area (Å²) < 4.78 is 13.2. The fourth-order valence-electron chi connectivity index (χ4n) is 1.53. The molecule has 1 aromatic heterocycles. The summed E-state index contributed by atoms with van der Waals surface area (Å²) in [6, 6.07) is 3.59. The van der Waals surface area contributed by atoms with Crippen molar-refractivity contribution in [2.24, 2.45) is 0 Å². The molecule has 1 aliphatic rings. The van der Waals surface area contributed by atoms with Gasteiger partial charge in [0.05, 0.1) is 0 Å². The molecule has 1 atom stereocenters. The van der Waals surface area contributed by atoms with Crippen molar-refractivity contribution in [3.05, 3.63) is 29.8 Å². The second-order valence-electron chi connectivity index (χ2n) is 3.09. The third-order valence-corrected chi connectivity index (χ3v) is 2.20. The monoisotopic (exact) mass is 217 g/mol. The molecule has 0 radical (unpaired) electrons. The Kier molecular flexibility index (Phi) is 4.25. The largest absolute Gasteiger partial charge is 0.314 e. The van der Waals surface area contributed by atoms with Gasteiger partial charge in [0.2, 0.25) is 5.95 Å². The van der Waals surface area contributed by atoms with Gasteiger partial charge in [-0.25, -0.2) is 4.98 Å². The zero-order chi connectivity index (χ0) is 9.10. The zero-order valence-corrected chi connectivity index (χ0v) is 8.48. The quantitative estimate of drug-likeness (QED) is 0.686. The second-order valence-corrected chi connectivity index (χ2v) is 3.09. The van der Waals surface area contributed by atoms with Crippen LogP contribution in [0.25, 0.3) is 0 Å². The average Bonchev–Trinajstić information content (AvgIpc) is 2.20. The average molecular weight is 218 g/mol. The van der Waals surface area contributed by atoms with Crippen molar-refractivity contribution in [1.29, 1.82) is 0 Å². The summed E-state index contributed by atoms with van der Waals surface area (Å²) in [6.07, 6.45) is 1.47. The van der Waals surface area contributed by atoms with Gasteiger partial charge in [0.15, 0.2) is 0 Å². The summed E-state index contributed by atoms with van der Waals surface area (Å²) in [5.41, 5.74) is 0.648. The van der Waals surface area contributed by atoms with Gasteiger partial charge in [0, 0.05) is 37.4 Å². The van der Waals surface area contributed by atoms with E-state index in [-0.39, 0.29) is 24.4 Å². The standard InChI is InChI=1S/C9H12FN3.ClH/c10-9-7(2-1-3-13-9)8-6-11-4-5-12-8;/h1-3,8,11-12H,4-6H2;1H/t8-;/m1./s1. The van der Waals surface area contributed by atoms with Crippen molar-refractivity contribution in [2.75, 3.05) is 19.6 Å². The Morgan fingerprint density at radius 3 is 2.93 bits per heavy atom. The van der Waals surface area contributed by atoms with E-state index in [1.54, 1.807) is 12.1 Å². The molecule has 0 aromatic carbocycles. The predicted octanol–water partition coefficient (Wildman–Crippen LogP) is 0.876. The molecule has 1 aliphatic heterocycles. The molecule has 1 saturated heterocycles. The van der Waals surface area contributed by atoms with Gasteiger partial charge in [-0.15, -0.1) is 12.4 Å². The number of hydrogen-bond donors (Lipinski definition) is 2. The number of halogens is 2. The molecule has 0 unspecified atom stereocenters. The Labute approximate surface area is 88.5 Å². The summed E-state index contributed by atoms with van der Waals surface area (Å²) in [4.78, 5) is 3.62. The van der Waals surface area contributed by atoms with Crippen LogP contribution in [0, 0.1) is 5.95 Å². The molecule has 78 valence electrons. The van der Waals surface area contributed by atoms with Gasteiger partial charge in [-0.3, -0.25) is 0 Å². The molecule has 2 heterocycles. The summed E-state index contributed by atoms with van der Waals surface area (Å²) in [7, 11) is 0. The number of hydrogen-bond acceptors (Lipinski definition) is 3. The van der Waals surface area contributed by atoms with Gasteiger partial charge in [-0.1, -0.05) is 6.07 Å². The van der Waals surface area contributed by atoms with E-state index in [9.17, 15) is 4.39 Å². The number of aromatic nitrogens is 1. The maximum Gasteiger partial charge on any atom is 0.217 e. The molecule has 3 nitrogen and oxygen atoms in total. The first-order valence-corrected chi connectivity index (χ1v) is 4.42. The van der Waals surface area contributed by atoms with Crippen LogP contribution in [0.4, 0.5) is 4.39 Å². The first-order valence-electron chi connectivity index (χ1n) is 4.42. The molecule has 1 aromatic rings. The zero-order valence-electron chi connectivity index (χ0n) is 7.66. The van der Waals surface area contributed by atoms with Crippen LogP contribution in [0.3, 0.4) is 0 Å². The smallest absolute Gasteiger partial charge is 0.217 e. The highest BCUT2D eigenvalue weighted by Gasteiger charge is 2.17. The van der Waals surface area contributed by atoms with Gasteiger partial charge in [-0.2, -0.15) is 4.39 Å². The Balaban J connectivity index is 0.000000980. The van der Waals surface area contributed by atoms with E-state index in [2.05, 4.69) is 15.6 Å². The normalized spacial score (nSPS) is 21.4. The number of nitrogens with one attached hydrogen (secondary N) is 2. The molecular weight excluding hydrogens is 205 g/mol. The van der Waals surface area contributed by atoms with Crippen molar-refractivity contribution in [3.63, 3.8) is 0 Å². The van der Waals surface area contributed by atoms with Crippen molar-refractivity contribution in [1.82, 2.24) is 15.6 Å². The third-order valence-electron chi connectivity index (χ3n) is 2.20. The fraction of sp³-hybridized carbons (Fsp3) is 0.444. The van der Waals surface area contributed by atoms with Crippen LogP contribution in [0.1, 0.15) is 11.6 Å². The molecule has 0 aliphatic carbocycles. The summed E-state index contributed by atoms with van der Waals surface area (Å²) in [5.74, 6) is -0.372. The Morgan fingerprint density at radius 1 is 1.43 bits per heavy atom. The Hall–Kier alpha value is -0.710. The first kappa shape index (κ1) is 11.4. The van der Waals surface area contributed by atoms with Crippen molar-refractivity contribution in [2.45, 2.75) is 6.04 Å². The van der Waals surface area contributed by atoms with Gasteiger partial charge in [0.25, 0.3) is 0 Å². The maximum absolute atomic E-state index is 13.2. The lowest BCUT2D eigenvalue weighted by Crippen LogP contribution is -2.43. The van der Waals surface area contributed by atoms with Gasteiger partial charge < -0.3 is 10.6 Å². The number of pyridine rings is 1. The summed E-state index contributed by atoms with van der Waals surface area (Å²) >= 11 is 0. The predicted molar refractivity (Wildman–Crippen MR) is 55.1 cm³/mol. The third kappa shape index (κ3) is 2.41. The van der Waals surface area contributed by atoms with E-state index < -0.39 is 0 Å². The topological polar surface area (TPSA) is 37.0 Å². The molecule has 0 bridgehead atoms. The van der Waals surface area contributed by atoms with Gasteiger partial charge >= 0.3 is 0 Å². The molecule has 2 N–H and O–H groups in total. The minimum Gasteiger partial charge on any atom is -0.314 e. The second kappa shape index (κ2) is 5.24. The van der Waals surface area contributed by atoms with Crippen LogP contribution in [0.15, 0.2) is 18.3 Å². The lowest BCUT2D eigenvalue weighted by Gasteiger charge is -2.24. The van der Waals surface area contributed by atoms with E-state index in [0.717, 1.165) is 19.6 Å². The van der Waals surface area contributed by atoms with Crippen LogP contribution < -0.4 is 10.6 Å².